The van der Waals surface area contributed by atoms with Crippen molar-refractivity contribution in [3.8, 4) is 17.6 Å². The Morgan fingerprint density at radius 2 is 1.75 bits per heavy atom. The van der Waals surface area contributed by atoms with Crippen LogP contribution in [0, 0.1) is 31.0 Å². The number of aryl methyl sites for hydroxylation is 1. The Morgan fingerprint density at radius 1 is 1.00 bits per heavy atom. The van der Waals surface area contributed by atoms with Gasteiger partial charge in [0.1, 0.15) is 17.5 Å². The maximum atomic E-state index is 13.1. The topological polar surface area (TPSA) is 100 Å². The third-order valence-corrected chi connectivity index (χ3v) is 5.28. The normalized spacial score (nSPS) is 10.8. The first kappa shape index (κ1) is 26.0. The van der Waals surface area contributed by atoms with Gasteiger partial charge in [0.05, 0.1) is 6.61 Å². The van der Waals surface area contributed by atoms with Crippen molar-refractivity contribution in [2.24, 2.45) is 0 Å². The molecule has 3 aromatic carbocycles. The van der Waals surface area contributed by atoms with E-state index in [9.17, 15) is 19.2 Å². The summed E-state index contributed by atoms with van der Waals surface area (Å²) in [7, 11) is 0. The highest BCUT2D eigenvalue weighted by atomic mass is 19.1. The Kier molecular flexibility index (Phi) is 8.79. The Bertz CT molecular complexity index is 1330. The van der Waals surface area contributed by atoms with Crippen LogP contribution in [0.4, 0.5) is 15.8 Å². The summed E-state index contributed by atoms with van der Waals surface area (Å²) in [6, 6.07) is 17.6. The SMILES string of the molecule is CCOc1cc(/C=C(\C#N)C(=O)Nc2ccc(F)cc2)ccc1OCC(=O)Nc1cccc(C)c1C. The van der Waals surface area contributed by atoms with E-state index in [2.05, 4.69) is 10.6 Å². The average molecular weight is 488 g/mol. The predicted molar refractivity (Wildman–Crippen MR) is 136 cm³/mol. The molecule has 0 saturated carbocycles. The molecule has 0 radical (unpaired) electrons. The summed E-state index contributed by atoms with van der Waals surface area (Å²) >= 11 is 0. The van der Waals surface area contributed by atoms with Crippen LogP contribution >= 0.6 is 0 Å². The van der Waals surface area contributed by atoms with Gasteiger partial charge in [0.2, 0.25) is 0 Å². The minimum Gasteiger partial charge on any atom is -0.490 e. The highest BCUT2D eigenvalue weighted by Crippen LogP contribution is 2.30. The van der Waals surface area contributed by atoms with Gasteiger partial charge in [0, 0.05) is 11.4 Å². The average Bonchev–Trinajstić information content (AvgIpc) is 2.86. The largest absolute Gasteiger partial charge is 0.490 e. The number of nitriles is 1. The van der Waals surface area contributed by atoms with Crippen molar-refractivity contribution < 1.29 is 23.5 Å². The first-order chi connectivity index (χ1) is 17.3. The molecule has 3 rings (SSSR count). The van der Waals surface area contributed by atoms with E-state index < -0.39 is 11.7 Å². The number of rotatable bonds is 9. The number of ether oxygens (including phenoxy) is 2. The number of hydrogen-bond donors (Lipinski definition) is 2. The second kappa shape index (κ2) is 12.2. The fourth-order valence-corrected chi connectivity index (χ4v) is 3.26. The molecule has 36 heavy (non-hydrogen) atoms. The lowest BCUT2D eigenvalue weighted by Gasteiger charge is -2.14. The number of nitrogens with one attached hydrogen (secondary N) is 2. The van der Waals surface area contributed by atoms with E-state index in [1.165, 1.54) is 30.3 Å². The van der Waals surface area contributed by atoms with Crippen LogP contribution in [0.15, 0.2) is 66.2 Å². The molecule has 0 aliphatic heterocycles. The quantitative estimate of drug-likeness (QED) is 0.311. The molecule has 0 fully saturated rings. The zero-order chi connectivity index (χ0) is 26.1. The van der Waals surface area contributed by atoms with Crippen molar-refractivity contribution >= 4 is 29.3 Å². The second-order valence-electron chi connectivity index (χ2n) is 7.85. The predicted octanol–water partition coefficient (Wildman–Crippen LogP) is 5.40. The van der Waals surface area contributed by atoms with Gasteiger partial charge in [-0.05, 0) is 86.0 Å². The number of amides is 2. The van der Waals surface area contributed by atoms with Gasteiger partial charge in [-0.3, -0.25) is 9.59 Å². The lowest BCUT2D eigenvalue weighted by Crippen LogP contribution is -2.21. The van der Waals surface area contributed by atoms with E-state index in [0.29, 0.717) is 29.4 Å². The van der Waals surface area contributed by atoms with Crippen molar-refractivity contribution in [1.82, 2.24) is 0 Å². The smallest absolute Gasteiger partial charge is 0.266 e. The summed E-state index contributed by atoms with van der Waals surface area (Å²) in [6.07, 6.45) is 1.40. The molecule has 0 aromatic heterocycles. The van der Waals surface area contributed by atoms with E-state index in [1.54, 1.807) is 25.1 Å². The maximum absolute atomic E-state index is 13.1. The van der Waals surface area contributed by atoms with Gasteiger partial charge >= 0.3 is 0 Å². The zero-order valence-electron chi connectivity index (χ0n) is 20.2. The number of carbonyl (C=O) groups excluding carboxylic acids is 2. The number of hydrogen-bond acceptors (Lipinski definition) is 5. The third-order valence-electron chi connectivity index (χ3n) is 5.28. The van der Waals surface area contributed by atoms with Gasteiger partial charge in [0.25, 0.3) is 11.8 Å². The van der Waals surface area contributed by atoms with Crippen LogP contribution < -0.4 is 20.1 Å². The van der Waals surface area contributed by atoms with Crippen molar-refractivity contribution in [1.29, 1.82) is 5.26 Å². The molecular formula is C28H26FN3O4. The fourth-order valence-electron chi connectivity index (χ4n) is 3.26. The summed E-state index contributed by atoms with van der Waals surface area (Å²) < 4.78 is 24.4. The molecular weight excluding hydrogens is 461 g/mol. The number of halogens is 1. The van der Waals surface area contributed by atoms with Crippen LogP contribution in [0.5, 0.6) is 11.5 Å². The van der Waals surface area contributed by atoms with Crippen LogP contribution in [-0.2, 0) is 9.59 Å². The molecule has 0 aliphatic carbocycles. The van der Waals surface area contributed by atoms with E-state index >= 15 is 0 Å². The summed E-state index contributed by atoms with van der Waals surface area (Å²) in [5, 5.41) is 14.9. The molecule has 184 valence electrons. The first-order valence-corrected chi connectivity index (χ1v) is 11.2. The van der Waals surface area contributed by atoms with Crippen molar-refractivity contribution in [2.75, 3.05) is 23.8 Å². The Hall–Kier alpha value is -4.64. The molecule has 3 aromatic rings. The monoisotopic (exact) mass is 487 g/mol. The van der Waals surface area contributed by atoms with Crippen LogP contribution in [0.3, 0.4) is 0 Å². The third kappa shape index (κ3) is 6.93. The maximum Gasteiger partial charge on any atom is 0.266 e. The van der Waals surface area contributed by atoms with Gasteiger partial charge in [-0.15, -0.1) is 0 Å². The van der Waals surface area contributed by atoms with Gasteiger partial charge in [-0.1, -0.05) is 18.2 Å². The second-order valence-corrected chi connectivity index (χ2v) is 7.85. The minimum absolute atomic E-state index is 0.150. The standard InChI is InChI=1S/C28H26FN3O4/c1-4-35-26-15-20(14-21(16-30)28(34)31-23-11-9-22(29)10-12-23)8-13-25(26)36-17-27(33)32-24-7-5-6-18(2)19(24)3/h5-15H,4,17H2,1-3H3,(H,31,34)(H,32,33)/b21-14+. The fraction of sp³-hybridized carbons (Fsp3) is 0.179. The van der Waals surface area contributed by atoms with Gasteiger partial charge in [-0.2, -0.15) is 5.26 Å². The molecule has 0 unspecified atom stereocenters. The highest BCUT2D eigenvalue weighted by Gasteiger charge is 2.13. The Morgan fingerprint density at radius 3 is 2.44 bits per heavy atom. The van der Waals surface area contributed by atoms with Gasteiger partial charge in [-0.25, -0.2) is 4.39 Å². The number of benzene rings is 3. The molecule has 2 N–H and O–H groups in total. The molecule has 0 heterocycles. The molecule has 0 bridgehead atoms. The lowest BCUT2D eigenvalue weighted by atomic mass is 10.1. The Balaban J connectivity index is 1.71. The summed E-state index contributed by atoms with van der Waals surface area (Å²) in [5.74, 6) is -0.677. The first-order valence-electron chi connectivity index (χ1n) is 11.2. The van der Waals surface area contributed by atoms with Crippen molar-refractivity contribution in [3.63, 3.8) is 0 Å². The Labute approximate surface area is 209 Å². The highest BCUT2D eigenvalue weighted by molar-refractivity contribution is 6.09. The molecule has 2 amide bonds. The molecule has 0 saturated heterocycles. The molecule has 8 heteroatoms. The van der Waals surface area contributed by atoms with E-state index in [4.69, 9.17) is 9.47 Å². The lowest BCUT2D eigenvalue weighted by molar-refractivity contribution is -0.118. The van der Waals surface area contributed by atoms with E-state index in [-0.39, 0.29) is 18.1 Å². The van der Waals surface area contributed by atoms with Crippen LogP contribution in [0.25, 0.3) is 6.08 Å². The van der Waals surface area contributed by atoms with Crippen LogP contribution in [-0.4, -0.2) is 25.0 Å². The van der Waals surface area contributed by atoms with Gasteiger partial charge < -0.3 is 20.1 Å². The molecule has 0 atom stereocenters. The number of carbonyl (C=O) groups is 2. The van der Waals surface area contributed by atoms with Crippen LogP contribution in [0.1, 0.15) is 23.6 Å². The summed E-state index contributed by atoms with van der Waals surface area (Å²) in [4.78, 5) is 24.9. The minimum atomic E-state index is -0.634. The number of nitrogens with zero attached hydrogens (tertiary/aromatic N) is 1. The summed E-state index contributed by atoms with van der Waals surface area (Å²) in [5.41, 5.74) is 3.50. The van der Waals surface area contributed by atoms with E-state index in [0.717, 1.165) is 16.8 Å². The zero-order valence-corrected chi connectivity index (χ0v) is 20.2. The summed E-state index contributed by atoms with van der Waals surface area (Å²) in [6.45, 7) is 5.81. The molecule has 0 aliphatic rings. The van der Waals surface area contributed by atoms with Crippen LogP contribution in [0.2, 0.25) is 0 Å². The van der Waals surface area contributed by atoms with E-state index in [1.807, 2.05) is 38.1 Å². The molecule has 7 nitrogen and oxygen atoms in total. The van der Waals surface area contributed by atoms with Crippen molar-refractivity contribution in [3.05, 3.63) is 88.7 Å². The number of anilines is 2. The molecule has 0 spiro atoms. The van der Waals surface area contributed by atoms with Gasteiger partial charge in [0.15, 0.2) is 18.1 Å². The van der Waals surface area contributed by atoms with Crippen molar-refractivity contribution in [2.45, 2.75) is 20.8 Å².